The number of carbonyl (C=O) groups is 1. The van der Waals surface area contributed by atoms with Crippen LogP contribution in [0.1, 0.15) is 45.4 Å². The number of rotatable bonds is 5. The number of hydrogen-bond donors (Lipinski definition) is 2. The first-order chi connectivity index (χ1) is 16.4. The minimum Gasteiger partial charge on any atom is -0.353 e. The van der Waals surface area contributed by atoms with Crippen LogP contribution in [0.4, 0.5) is 0 Å². The fraction of sp³-hybridized carbons (Fsp3) is 0.462. The number of carbonyl (C=O) groups excluding carboxylic acids is 1. The van der Waals surface area contributed by atoms with Crippen molar-refractivity contribution in [2.45, 2.75) is 56.4 Å². The second-order valence-electron chi connectivity index (χ2n) is 9.80. The van der Waals surface area contributed by atoms with Crippen LogP contribution in [0, 0.1) is 11.8 Å². The van der Waals surface area contributed by atoms with Crippen molar-refractivity contribution in [3.8, 4) is 11.4 Å². The van der Waals surface area contributed by atoms with Gasteiger partial charge < -0.3 is 10.3 Å². The molecule has 5 rings (SSSR count). The first-order valence-electron chi connectivity index (χ1n) is 12.3. The Morgan fingerprint density at radius 3 is 2.59 bits per heavy atom. The number of sulfonamides is 1. The minimum absolute atomic E-state index is 0.00373. The number of piperidine rings is 1. The number of fused-ring (bicyclic) bond motifs is 1. The van der Waals surface area contributed by atoms with Crippen LogP contribution in [0.5, 0.6) is 0 Å². The third kappa shape index (κ3) is 4.74. The minimum atomic E-state index is -3.71. The van der Waals surface area contributed by atoms with Gasteiger partial charge in [0.15, 0.2) is 0 Å². The second kappa shape index (κ2) is 9.50. The summed E-state index contributed by atoms with van der Waals surface area (Å²) in [6, 6.07) is 15.0. The highest BCUT2D eigenvalue weighted by atomic mass is 32.2. The van der Waals surface area contributed by atoms with E-state index in [9.17, 15) is 13.2 Å². The fourth-order valence-corrected chi connectivity index (χ4v) is 6.68. The van der Waals surface area contributed by atoms with Crippen LogP contribution in [0.2, 0.25) is 0 Å². The molecule has 34 heavy (non-hydrogen) atoms. The predicted molar refractivity (Wildman–Crippen MR) is 133 cm³/mol. The maximum absolute atomic E-state index is 13.5. The van der Waals surface area contributed by atoms with Crippen LogP contribution in [0.3, 0.4) is 0 Å². The summed E-state index contributed by atoms with van der Waals surface area (Å²) >= 11 is 0. The Balaban J connectivity index is 1.31. The third-order valence-electron chi connectivity index (χ3n) is 7.26. The predicted octanol–water partition coefficient (Wildman–Crippen LogP) is 4.33. The molecule has 3 aromatic rings. The van der Waals surface area contributed by atoms with Crippen LogP contribution in [0.15, 0.2) is 53.4 Å². The molecule has 2 fully saturated rings. The largest absolute Gasteiger partial charge is 0.353 e. The van der Waals surface area contributed by atoms with Crippen molar-refractivity contribution in [2.24, 2.45) is 11.8 Å². The van der Waals surface area contributed by atoms with Gasteiger partial charge in [0, 0.05) is 24.7 Å². The quantitative estimate of drug-likeness (QED) is 0.568. The summed E-state index contributed by atoms with van der Waals surface area (Å²) in [6.07, 6.45) is 5.70. The lowest BCUT2D eigenvalue weighted by Crippen LogP contribution is -2.48. The number of aromatic nitrogens is 2. The molecular formula is C26H32N4O3S. The Hall–Kier alpha value is -2.71. The van der Waals surface area contributed by atoms with Crippen molar-refractivity contribution in [3.63, 3.8) is 0 Å². The zero-order valence-corrected chi connectivity index (χ0v) is 20.4. The Bertz CT molecular complexity index is 1260. The van der Waals surface area contributed by atoms with Crippen LogP contribution < -0.4 is 5.32 Å². The summed E-state index contributed by atoms with van der Waals surface area (Å²) in [6.45, 7) is 2.92. The van der Waals surface area contributed by atoms with Gasteiger partial charge in [0.2, 0.25) is 15.9 Å². The number of imidazole rings is 1. The molecule has 1 saturated carbocycles. The molecule has 2 aromatic carbocycles. The Kier molecular flexibility index (Phi) is 6.44. The van der Waals surface area contributed by atoms with Crippen LogP contribution in [-0.4, -0.2) is 47.7 Å². The first-order valence-corrected chi connectivity index (χ1v) is 13.7. The molecular weight excluding hydrogens is 448 g/mol. The van der Waals surface area contributed by atoms with E-state index in [1.165, 1.54) is 4.31 Å². The molecule has 1 aromatic heterocycles. The lowest BCUT2D eigenvalue weighted by atomic mass is 9.87. The number of hydrogen-bond acceptors (Lipinski definition) is 4. The van der Waals surface area contributed by atoms with Crippen LogP contribution in [0.25, 0.3) is 22.4 Å². The molecule has 1 aliphatic carbocycles. The Morgan fingerprint density at radius 1 is 1.06 bits per heavy atom. The number of nitrogens with one attached hydrogen (secondary N) is 2. The molecule has 0 bridgehead atoms. The van der Waals surface area contributed by atoms with E-state index >= 15 is 0 Å². The number of aromatic amines is 1. The van der Waals surface area contributed by atoms with Crippen LogP contribution >= 0.6 is 0 Å². The Labute approximate surface area is 201 Å². The first kappa shape index (κ1) is 23.1. The van der Waals surface area contributed by atoms with E-state index in [0.717, 1.165) is 49.1 Å². The fourth-order valence-electron chi connectivity index (χ4n) is 5.13. The van der Waals surface area contributed by atoms with Gasteiger partial charge in [-0.2, -0.15) is 4.31 Å². The van der Waals surface area contributed by atoms with Gasteiger partial charge in [0.1, 0.15) is 5.82 Å². The highest BCUT2D eigenvalue weighted by molar-refractivity contribution is 7.89. The number of benzene rings is 2. The van der Waals surface area contributed by atoms with Gasteiger partial charge in [-0.05, 0) is 62.6 Å². The van der Waals surface area contributed by atoms with Crippen molar-refractivity contribution in [1.82, 2.24) is 19.6 Å². The van der Waals surface area contributed by atoms with E-state index in [-0.39, 0.29) is 29.3 Å². The molecule has 2 aliphatic rings. The van der Waals surface area contributed by atoms with Crippen LogP contribution in [-0.2, 0) is 14.8 Å². The molecule has 2 N–H and O–H groups in total. The molecule has 0 unspecified atom stereocenters. The van der Waals surface area contributed by atoms with Gasteiger partial charge in [0.25, 0.3) is 0 Å². The lowest BCUT2D eigenvalue weighted by Gasteiger charge is -2.33. The standard InChI is InChI=1S/C26H32N4O3S/c1-18-9-11-21(12-10-18)27-26(31)20-8-5-15-30(17-20)34(32,33)22-13-14-23-24(16-22)29-25(28-23)19-6-3-2-4-7-19/h2-4,6-7,13-14,16,18,20-21H,5,8-12,15,17H2,1H3,(H,27,31)(H,28,29)/t18?,20-,21?/m1/s1. The van der Waals surface area contributed by atoms with Gasteiger partial charge in [-0.15, -0.1) is 0 Å². The SMILES string of the molecule is CC1CCC(NC(=O)[C@@H]2CCCN(S(=O)(=O)c3ccc4nc(-c5ccccc5)[nH]c4c3)C2)CC1. The summed E-state index contributed by atoms with van der Waals surface area (Å²) in [4.78, 5) is 21.0. The zero-order chi connectivity index (χ0) is 23.7. The number of nitrogens with zero attached hydrogens (tertiary/aromatic N) is 2. The van der Waals surface area contributed by atoms with Crippen molar-refractivity contribution in [3.05, 3.63) is 48.5 Å². The third-order valence-corrected chi connectivity index (χ3v) is 9.12. The average molecular weight is 481 g/mol. The maximum atomic E-state index is 13.5. The summed E-state index contributed by atoms with van der Waals surface area (Å²) in [7, 11) is -3.71. The second-order valence-corrected chi connectivity index (χ2v) is 11.7. The zero-order valence-electron chi connectivity index (χ0n) is 19.5. The monoisotopic (exact) mass is 480 g/mol. The summed E-state index contributed by atoms with van der Waals surface area (Å²) < 4.78 is 28.4. The smallest absolute Gasteiger partial charge is 0.243 e. The molecule has 1 amide bonds. The number of amides is 1. The van der Waals surface area contributed by atoms with E-state index < -0.39 is 10.0 Å². The molecule has 180 valence electrons. The van der Waals surface area contributed by atoms with E-state index in [2.05, 4.69) is 22.2 Å². The molecule has 1 aliphatic heterocycles. The molecule has 2 heterocycles. The lowest BCUT2D eigenvalue weighted by molar-refractivity contribution is -0.127. The van der Waals surface area contributed by atoms with Crippen molar-refractivity contribution < 1.29 is 13.2 Å². The molecule has 0 radical (unpaired) electrons. The highest BCUT2D eigenvalue weighted by Gasteiger charge is 2.34. The Morgan fingerprint density at radius 2 is 1.82 bits per heavy atom. The summed E-state index contributed by atoms with van der Waals surface area (Å²) in [5.41, 5.74) is 2.34. The molecule has 1 saturated heterocycles. The average Bonchev–Trinajstić information content (AvgIpc) is 3.30. The van der Waals surface area contributed by atoms with E-state index in [4.69, 9.17) is 0 Å². The van der Waals surface area contributed by atoms with Crippen molar-refractivity contribution >= 4 is 27.0 Å². The van der Waals surface area contributed by atoms with Crippen molar-refractivity contribution in [2.75, 3.05) is 13.1 Å². The maximum Gasteiger partial charge on any atom is 0.243 e. The van der Waals surface area contributed by atoms with Gasteiger partial charge >= 0.3 is 0 Å². The van der Waals surface area contributed by atoms with Gasteiger partial charge in [-0.3, -0.25) is 4.79 Å². The van der Waals surface area contributed by atoms with Gasteiger partial charge in [0.05, 0.1) is 21.8 Å². The normalized spacial score (nSPS) is 24.2. The van der Waals surface area contributed by atoms with Crippen molar-refractivity contribution in [1.29, 1.82) is 0 Å². The van der Waals surface area contributed by atoms with E-state index in [0.29, 0.717) is 24.3 Å². The summed E-state index contributed by atoms with van der Waals surface area (Å²) in [5.74, 6) is 1.12. The van der Waals surface area contributed by atoms with E-state index in [1.54, 1.807) is 18.2 Å². The molecule has 1 atom stereocenters. The summed E-state index contributed by atoms with van der Waals surface area (Å²) in [5, 5.41) is 3.19. The number of H-pyrrole nitrogens is 1. The molecule has 8 heteroatoms. The molecule has 0 spiro atoms. The van der Waals surface area contributed by atoms with Gasteiger partial charge in [-0.25, -0.2) is 13.4 Å². The highest BCUT2D eigenvalue weighted by Crippen LogP contribution is 2.28. The molecule has 7 nitrogen and oxygen atoms in total. The van der Waals surface area contributed by atoms with E-state index in [1.807, 2.05) is 30.3 Å². The van der Waals surface area contributed by atoms with Gasteiger partial charge in [-0.1, -0.05) is 37.3 Å². The topological polar surface area (TPSA) is 95.2 Å².